The molecule has 2 heterocycles. The number of nitrogens with zero attached hydrogens (tertiary/aromatic N) is 4. The van der Waals surface area contributed by atoms with Crippen molar-refractivity contribution in [1.29, 1.82) is 0 Å². The molecule has 0 amide bonds. The molecule has 9 rings (SSSR count). The summed E-state index contributed by atoms with van der Waals surface area (Å²) in [6.07, 6.45) is 0. The molecule has 0 saturated carbocycles. The van der Waals surface area contributed by atoms with E-state index in [0.29, 0.717) is 27.7 Å². The van der Waals surface area contributed by atoms with Gasteiger partial charge in [-0.1, -0.05) is 163 Å². The lowest BCUT2D eigenvalue weighted by Crippen LogP contribution is -2.31. The van der Waals surface area contributed by atoms with Crippen LogP contribution in [0.2, 0.25) is 5.02 Å². The summed E-state index contributed by atoms with van der Waals surface area (Å²) in [6, 6.07) is 55.8. The fraction of sp³-hybridized carbons (Fsp3) is 0.0233. The van der Waals surface area contributed by atoms with E-state index in [1.165, 1.54) is 0 Å². The summed E-state index contributed by atoms with van der Waals surface area (Å²) in [5.41, 5.74) is 10.4. The number of hydrogen-bond acceptors (Lipinski definition) is 4. The Bertz CT molecular complexity index is 2450. The van der Waals surface area contributed by atoms with E-state index < -0.39 is 5.41 Å². The highest BCUT2D eigenvalue weighted by Gasteiger charge is 2.49. The largest absolute Gasteiger partial charge is 0.229 e. The molecule has 1 atom stereocenters. The Labute approximate surface area is 283 Å². The Hall–Kier alpha value is -5.97. The molecule has 0 spiro atoms. The minimum Gasteiger partial charge on any atom is -0.229 e. The second-order valence-electron chi connectivity index (χ2n) is 11.9. The summed E-state index contributed by atoms with van der Waals surface area (Å²) in [6.45, 7) is 0. The maximum absolute atomic E-state index is 6.66. The van der Waals surface area contributed by atoms with E-state index in [1.807, 2.05) is 78.9 Å². The van der Waals surface area contributed by atoms with Crippen LogP contribution in [0.25, 0.3) is 56.1 Å². The Morgan fingerprint density at radius 2 is 0.938 bits per heavy atom. The van der Waals surface area contributed by atoms with Crippen LogP contribution in [0.1, 0.15) is 22.5 Å². The molecule has 1 aliphatic carbocycles. The fourth-order valence-corrected chi connectivity index (χ4v) is 7.29. The quantitative estimate of drug-likeness (QED) is 0.189. The van der Waals surface area contributed by atoms with E-state index in [9.17, 15) is 0 Å². The smallest absolute Gasteiger partial charge is 0.160 e. The lowest BCUT2D eigenvalue weighted by Gasteiger charge is -2.32. The molecule has 1 aliphatic rings. The van der Waals surface area contributed by atoms with Crippen molar-refractivity contribution in [3.05, 3.63) is 191 Å². The third-order valence-corrected chi connectivity index (χ3v) is 9.45. The third kappa shape index (κ3) is 4.38. The average molecular weight is 635 g/mol. The highest BCUT2D eigenvalue weighted by atomic mass is 35.5. The van der Waals surface area contributed by atoms with E-state index in [1.54, 1.807) is 0 Å². The van der Waals surface area contributed by atoms with Crippen LogP contribution >= 0.6 is 11.6 Å². The zero-order chi connectivity index (χ0) is 32.1. The molecule has 8 aromatic rings. The summed E-state index contributed by atoms with van der Waals surface area (Å²) in [5, 5.41) is 0.685. The number of halogens is 1. The Morgan fingerprint density at radius 3 is 1.60 bits per heavy atom. The van der Waals surface area contributed by atoms with Gasteiger partial charge < -0.3 is 0 Å². The molecule has 0 radical (unpaired) electrons. The number of aromatic nitrogens is 4. The molecule has 48 heavy (non-hydrogen) atoms. The van der Waals surface area contributed by atoms with Crippen LogP contribution in [-0.2, 0) is 5.41 Å². The molecule has 4 nitrogen and oxygen atoms in total. The lowest BCUT2D eigenvalue weighted by atomic mass is 9.71. The van der Waals surface area contributed by atoms with Gasteiger partial charge in [-0.2, -0.15) is 0 Å². The molecule has 5 heteroatoms. The van der Waals surface area contributed by atoms with Crippen LogP contribution in [0.5, 0.6) is 0 Å². The normalized spacial score (nSPS) is 14.9. The van der Waals surface area contributed by atoms with Gasteiger partial charge >= 0.3 is 0 Å². The third-order valence-electron chi connectivity index (χ3n) is 9.22. The zero-order valence-electron chi connectivity index (χ0n) is 25.8. The van der Waals surface area contributed by atoms with Crippen molar-refractivity contribution >= 4 is 22.6 Å². The number of benzene rings is 6. The first-order valence-corrected chi connectivity index (χ1v) is 16.3. The first-order chi connectivity index (χ1) is 23.7. The summed E-state index contributed by atoms with van der Waals surface area (Å²) >= 11 is 6.66. The Kier molecular flexibility index (Phi) is 6.70. The molecule has 6 aromatic carbocycles. The van der Waals surface area contributed by atoms with Crippen molar-refractivity contribution in [3.63, 3.8) is 0 Å². The second kappa shape index (κ2) is 11.4. The van der Waals surface area contributed by atoms with Gasteiger partial charge in [-0.3, -0.25) is 0 Å². The summed E-state index contributed by atoms with van der Waals surface area (Å²) in [4.78, 5) is 21.5. The van der Waals surface area contributed by atoms with E-state index in [-0.39, 0.29) is 0 Å². The molecule has 0 saturated heterocycles. The number of rotatable bonds is 5. The molecule has 2 aromatic heterocycles. The maximum atomic E-state index is 6.66. The van der Waals surface area contributed by atoms with Gasteiger partial charge in [0.1, 0.15) is 33.7 Å². The SMILES string of the molecule is Clc1ccc2c(c1)-c1ccccc1C2(c1ccccc1)c1nc(-c2ccccc2)c2nc(-c3ccccc3)nc(-c3ccccc3)c2n1. The van der Waals surface area contributed by atoms with Crippen LogP contribution < -0.4 is 0 Å². The van der Waals surface area contributed by atoms with E-state index >= 15 is 0 Å². The molecule has 1 unspecified atom stereocenters. The minimum atomic E-state index is -0.832. The van der Waals surface area contributed by atoms with E-state index in [0.717, 1.165) is 55.9 Å². The first kappa shape index (κ1) is 28.3. The van der Waals surface area contributed by atoms with Gasteiger partial charge in [-0.25, -0.2) is 19.9 Å². The number of fused-ring (bicyclic) bond motifs is 4. The topological polar surface area (TPSA) is 51.6 Å². The average Bonchev–Trinajstić information content (AvgIpc) is 3.45. The zero-order valence-corrected chi connectivity index (χ0v) is 26.5. The second-order valence-corrected chi connectivity index (χ2v) is 12.4. The summed E-state index contributed by atoms with van der Waals surface area (Å²) in [7, 11) is 0. The van der Waals surface area contributed by atoms with Crippen molar-refractivity contribution in [3.8, 4) is 45.0 Å². The molecule has 0 aliphatic heterocycles. The molecule has 0 bridgehead atoms. The van der Waals surface area contributed by atoms with Gasteiger partial charge in [-0.05, 0) is 39.9 Å². The Balaban J connectivity index is 1.47. The van der Waals surface area contributed by atoms with Crippen LogP contribution in [0.3, 0.4) is 0 Å². The van der Waals surface area contributed by atoms with Gasteiger partial charge in [0.25, 0.3) is 0 Å². The number of hydrogen-bond donors (Lipinski definition) is 0. The highest BCUT2D eigenvalue weighted by molar-refractivity contribution is 6.31. The highest BCUT2D eigenvalue weighted by Crippen LogP contribution is 2.56. The predicted molar refractivity (Wildman–Crippen MR) is 194 cm³/mol. The van der Waals surface area contributed by atoms with Gasteiger partial charge in [0, 0.05) is 21.7 Å². The molecule has 0 fully saturated rings. The fourth-order valence-electron chi connectivity index (χ4n) is 7.12. The van der Waals surface area contributed by atoms with Crippen molar-refractivity contribution in [1.82, 2.24) is 19.9 Å². The van der Waals surface area contributed by atoms with E-state index in [4.69, 9.17) is 31.5 Å². The van der Waals surface area contributed by atoms with Crippen molar-refractivity contribution < 1.29 is 0 Å². The van der Waals surface area contributed by atoms with Gasteiger partial charge in [0.15, 0.2) is 5.82 Å². The summed E-state index contributed by atoms with van der Waals surface area (Å²) < 4.78 is 0. The Morgan fingerprint density at radius 1 is 0.417 bits per heavy atom. The van der Waals surface area contributed by atoms with Crippen LogP contribution in [0.15, 0.2) is 164 Å². The van der Waals surface area contributed by atoms with Gasteiger partial charge in [0.05, 0.1) is 0 Å². The van der Waals surface area contributed by atoms with Crippen molar-refractivity contribution in [2.75, 3.05) is 0 Å². The van der Waals surface area contributed by atoms with Gasteiger partial charge in [0.2, 0.25) is 0 Å². The first-order valence-electron chi connectivity index (χ1n) is 15.9. The van der Waals surface area contributed by atoms with Gasteiger partial charge in [-0.15, -0.1) is 0 Å². The predicted octanol–water partition coefficient (Wildman–Crippen LogP) is 10.4. The summed E-state index contributed by atoms with van der Waals surface area (Å²) in [5.74, 6) is 1.28. The molecule has 226 valence electrons. The van der Waals surface area contributed by atoms with Crippen LogP contribution in [0, 0.1) is 0 Å². The molecule has 0 N–H and O–H groups in total. The van der Waals surface area contributed by atoms with Crippen LogP contribution in [0.4, 0.5) is 0 Å². The van der Waals surface area contributed by atoms with Crippen LogP contribution in [-0.4, -0.2) is 19.9 Å². The molecular formula is C43H27ClN4. The molecular weight excluding hydrogens is 608 g/mol. The minimum absolute atomic E-state index is 0.624. The monoisotopic (exact) mass is 634 g/mol. The van der Waals surface area contributed by atoms with E-state index in [2.05, 4.69) is 84.9 Å². The standard InChI is InChI=1S/C43H27ClN4/c44-32-25-26-36-34(27-32)33-23-13-14-24-35(33)43(36,31-21-11-4-12-22-31)42-47-38(29-17-7-2-8-18-29)39-40(48-42)37(28-15-5-1-6-16-28)45-41(46-39)30-19-9-3-10-20-30/h1-27H. The van der Waals surface area contributed by atoms with Crippen molar-refractivity contribution in [2.45, 2.75) is 5.41 Å². The lowest BCUT2D eigenvalue weighted by molar-refractivity contribution is 0.703. The van der Waals surface area contributed by atoms with Crippen molar-refractivity contribution in [2.24, 2.45) is 0 Å². The maximum Gasteiger partial charge on any atom is 0.160 e.